The molecule has 2 aromatic heterocycles. The number of pyridine rings is 1. The van der Waals surface area contributed by atoms with Crippen molar-refractivity contribution < 1.29 is 9.59 Å². The van der Waals surface area contributed by atoms with Gasteiger partial charge < -0.3 is 11.1 Å². The molecule has 6 nitrogen and oxygen atoms in total. The monoisotopic (exact) mass is 478 g/mol. The Hall–Kier alpha value is -2.21. The van der Waals surface area contributed by atoms with E-state index in [1.165, 1.54) is 64.7 Å². The molecule has 35 heavy (non-hydrogen) atoms. The molecular weight excluding hydrogens is 436 g/mol. The van der Waals surface area contributed by atoms with Gasteiger partial charge in [-0.1, -0.05) is 32.8 Å². The molecule has 6 rings (SSSR count). The van der Waals surface area contributed by atoms with Gasteiger partial charge in [0.2, 0.25) is 0 Å². The van der Waals surface area contributed by atoms with Crippen molar-refractivity contribution >= 4 is 17.3 Å². The summed E-state index contributed by atoms with van der Waals surface area (Å²) in [6.07, 6.45) is 14.9. The number of imidazole rings is 1. The zero-order valence-corrected chi connectivity index (χ0v) is 21.7. The Morgan fingerprint density at radius 3 is 2.71 bits per heavy atom. The van der Waals surface area contributed by atoms with Crippen molar-refractivity contribution in [3.8, 4) is 0 Å². The Morgan fingerprint density at radius 1 is 1.17 bits per heavy atom. The molecule has 3 N–H and O–H groups in total. The van der Waals surface area contributed by atoms with Gasteiger partial charge in [0.1, 0.15) is 17.0 Å². The van der Waals surface area contributed by atoms with E-state index in [-0.39, 0.29) is 11.7 Å². The van der Waals surface area contributed by atoms with Crippen LogP contribution in [-0.4, -0.2) is 33.7 Å². The summed E-state index contributed by atoms with van der Waals surface area (Å²) in [4.78, 5) is 29.0. The zero-order chi connectivity index (χ0) is 24.8. The van der Waals surface area contributed by atoms with Gasteiger partial charge in [-0.25, -0.2) is 4.98 Å². The summed E-state index contributed by atoms with van der Waals surface area (Å²) in [6.45, 7) is 6.64. The molecule has 6 unspecified atom stereocenters. The molecule has 1 spiro atoms. The molecule has 6 atom stereocenters. The number of Topliss-reactive ketones (excluding diaryl/α,β-unsaturated/α-hetero) is 1. The van der Waals surface area contributed by atoms with E-state index in [9.17, 15) is 9.59 Å². The number of aromatic nitrogens is 2. The molecule has 6 heteroatoms. The summed E-state index contributed by atoms with van der Waals surface area (Å²) >= 11 is 0. The van der Waals surface area contributed by atoms with Crippen molar-refractivity contribution in [3.05, 3.63) is 35.8 Å². The highest BCUT2D eigenvalue weighted by Gasteiger charge is 2.73. The Kier molecular flexibility index (Phi) is 6.54. The van der Waals surface area contributed by atoms with Crippen molar-refractivity contribution in [1.29, 1.82) is 0 Å². The van der Waals surface area contributed by atoms with E-state index < -0.39 is 0 Å². The predicted octanol–water partition coefficient (Wildman–Crippen LogP) is 5.40. The average Bonchev–Trinajstić information content (AvgIpc) is 3.43. The summed E-state index contributed by atoms with van der Waals surface area (Å²) in [5.74, 6) is 2.62. The lowest BCUT2D eigenvalue weighted by atomic mass is 9.46. The smallest absolute Gasteiger partial charge is 0.268 e. The standard InChI is InChI=1S/C22H25N3O2.C7H17N/c1-13(26)17-11-25-18(3-2-4-19(25)24-17)20(27)23-12-21-7-15-5-14-6-16(10-21)22(21,8-14)9-15;1-3-5-6-7(8)4-2/h2-4,11,14-16H,5-10,12H2,1H3,(H,23,27);7H,3-6,8H2,1-2H3. The van der Waals surface area contributed by atoms with Gasteiger partial charge in [0, 0.05) is 25.7 Å². The predicted molar refractivity (Wildman–Crippen MR) is 138 cm³/mol. The molecule has 1 amide bonds. The third-order valence-electron chi connectivity index (χ3n) is 9.87. The second-order valence-electron chi connectivity index (χ2n) is 12.0. The fourth-order valence-corrected chi connectivity index (χ4v) is 8.27. The van der Waals surface area contributed by atoms with Crippen molar-refractivity contribution in [2.24, 2.45) is 34.3 Å². The van der Waals surface area contributed by atoms with E-state index in [4.69, 9.17) is 5.73 Å². The second-order valence-corrected chi connectivity index (χ2v) is 12.0. The van der Waals surface area contributed by atoms with Crippen molar-refractivity contribution in [1.82, 2.24) is 14.7 Å². The molecule has 0 aromatic carbocycles. The number of carbonyl (C=O) groups is 2. The van der Waals surface area contributed by atoms with E-state index in [1.807, 2.05) is 18.2 Å². The first-order chi connectivity index (χ1) is 16.8. The van der Waals surface area contributed by atoms with Crippen LogP contribution in [0.5, 0.6) is 0 Å². The van der Waals surface area contributed by atoms with Gasteiger partial charge in [-0.05, 0) is 92.1 Å². The summed E-state index contributed by atoms with van der Waals surface area (Å²) in [5, 5.41) is 3.27. The van der Waals surface area contributed by atoms with E-state index >= 15 is 0 Å². The van der Waals surface area contributed by atoms with Gasteiger partial charge in [0.05, 0.1) is 0 Å². The molecule has 2 aromatic rings. The van der Waals surface area contributed by atoms with Gasteiger partial charge in [-0.15, -0.1) is 0 Å². The van der Waals surface area contributed by atoms with Crippen LogP contribution in [0.25, 0.3) is 5.65 Å². The summed E-state index contributed by atoms with van der Waals surface area (Å²) in [7, 11) is 0. The number of hydrogen-bond acceptors (Lipinski definition) is 4. The molecule has 190 valence electrons. The number of ketones is 1. The van der Waals surface area contributed by atoms with E-state index in [0.29, 0.717) is 33.9 Å². The molecule has 4 saturated carbocycles. The van der Waals surface area contributed by atoms with Crippen LogP contribution in [0.3, 0.4) is 0 Å². The van der Waals surface area contributed by atoms with Crippen LogP contribution in [0.15, 0.2) is 24.4 Å². The number of unbranched alkanes of at least 4 members (excludes halogenated alkanes) is 1. The van der Waals surface area contributed by atoms with Gasteiger partial charge in [-0.3, -0.25) is 14.0 Å². The van der Waals surface area contributed by atoms with Crippen LogP contribution < -0.4 is 11.1 Å². The normalized spacial score (nSPS) is 32.5. The maximum atomic E-state index is 13.0. The lowest BCUT2D eigenvalue weighted by Gasteiger charge is -2.59. The molecule has 0 radical (unpaired) electrons. The lowest BCUT2D eigenvalue weighted by molar-refractivity contribution is -0.0960. The molecule has 4 fully saturated rings. The van der Waals surface area contributed by atoms with Crippen LogP contribution in [0.1, 0.15) is 106 Å². The molecule has 0 aliphatic heterocycles. The van der Waals surface area contributed by atoms with Crippen molar-refractivity contribution in [2.75, 3.05) is 6.54 Å². The first-order valence-corrected chi connectivity index (χ1v) is 13.8. The summed E-state index contributed by atoms with van der Waals surface area (Å²) in [6, 6.07) is 5.93. The average molecular weight is 479 g/mol. The van der Waals surface area contributed by atoms with Crippen molar-refractivity contribution in [3.63, 3.8) is 0 Å². The largest absolute Gasteiger partial charge is 0.350 e. The number of rotatable bonds is 8. The molecule has 4 aliphatic rings. The quantitative estimate of drug-likeness (QED) is 0.497. The van der Waals surface area contributed by atoms with Gasteiger partial charge in [-0.2, -0.15) is 0 Å². The van der Waals surface area contributed by atoms with E-state index in [1.54, 1.807) is 10.6 Å². The fraction of sp³-hybridized carbons (Fsp3) is 0.690. The Labute approximate surface area is 209 Å². The number of nitrogens with one attached hydrogen (secondary N) is 1. The highest BCUT2D eigenvalue weighted by atomic mass is 16.2. The van der Waals surface area contributed by atoms with Crippen molar-refractivity contribution in [2.45, 2.75) is 91.0 Å². The Bertz CT molecular complexity index is 1100. The van der Waals surface area contributed by atoms with Crippen LogP contribution in [0, 0.1) is 28.6 Å². The first-order valence-electron chi connectivity index (χ1n) is 13.8. The zero-order valence-electron chi connectivity index (χ0n) is 21.7. The van der Waals surface area contributed by atoms with Crippen LogP contribution >= 0.6 is 0 Å². The number of fused-ring (bicyclic) bond motifs is 3. The van der Waals surface area contributed by atoms with Gasteiger partial charge in [0.15, 0.2) is 5.78 Å². The third-order valence-corrected chi connectivity index (χ3v) is 9.87. The van der Waals surface area contributed by atoms with Gasteiger partial charge in [0.25, 0.3) is 5.91 Å². The minimum absolute atomic E-state index is 0.0571. The topological polar surface area (TPSA) is 89.5 Å². The number of hydrogen-bond donors (Lipinski definition) is 2. The minimum Gasteiger partial charge on any atom is -0.350 e. The Morgan fingerprint density at radius 2 is 1.97 bits per heavy atom. The molecule has 0 saturated heterocycles. The van der Waals surface area contributed by atoms with E-state index in [0.717, 1.165) is 30.7 Å². The molecule has 3 bridgehead atoms. The molecule has 2 heterocycles. The summed E-state index contributed by atoms with van der Waals surface area (Å²) in [5.41, 5.74) is 8.14. The molecular formula is C29H42N4O2. The van der Waals surface area contributed by atoms with Crippen LogP contribution in [-0.2, 0) is 0 Å². The molecule has 4 aliphatic carbocycles. The van der Waals surface area contributed by atoms with Crippen LogP contribution in [0.4, 0.5) is 0 Å². The fourth-order valence-electron chi connectivity index (χ4n) is 8.27. The lowest BCUT2D eigenvalue weighted by Crippen LogP contribution is -2.57. The summed E-state index contributed by atoms with van der Waals surface area (Å²) < 4.78 is 1.74. The second kappa shape index (κ2) is 9.34. The van der Waals surface area contributed by atoms with Gasteiger partial charge >= 0.3 is 0 Å². The minimum atomic E-state index is -0.0856. The Balaban J connectivity index is 0.000000277. The maximum Gasteiger partial charge on any atom is 0.268 e. The number of carbonyl (C=O) groups excluding carboxylic acids is 2. The first kappa shape index (κ1) is 24.5. The maximum absolute atomic E-state index is 13.0. The third kappa shape index (κ3) is 4.12. The van der Waals surface area contributed by atoms with E-state index in [2.05, 4.69) is 24.1 Å². The number of amides is 1. The highest BCUT2D eigenvalue weighted by molar-refractivity contribution is 5.95. The number of nitrogens with zero attached hydrogens (tertiary/aromatic N) is 2. The highest BCUT2D eigenvalue weighted by Crippen LogP contribution is 2.81. The van der Waals surface area contributed by atoms with Crippen LogP contribution in [0.2, 0.25) is 0 Å². The number of nitrogens with two attached hydrogens (primary N) is 1. The SMILES string of the molecule is CC(=O)c1cn2c(C(=O)NCC34CC5CC6CC(C3)C4(C6)C5)cccc2n1.CCCCC(N)CC.